The topological polar surface area (TPSA) is 118 Å². The Bertz CT molecular complexity index is 1330. The van der Waals surface area contributed by atoms with Gasteiger partial charge in [-0.3, -0.25) is 9.59 Å². The molecule has 2 aromatic carbocycles. The average Bonchev–Trinajstić information content (AvgIpc) is 3.21. The lowest BCUT2D eigenvalue weighted by atomic mass is 9.93. The quantitative estimate of drug-likeness (QED) is 0.415. The summed E-state index contributed by atoms with van der Waals surface area (Å²) < 4.78 is 17.5. The molecule has 188 valence electrons. The number of aliphatic hydroxyl groups excluding tert-OH is 2. The summed E-state index contributed by atoms with van der Waals surface area (Å²) in [5.74, 6) is -0.930. The van der Waals surface area contributed by atoms with Crippen LogP contribution >= 0.6 is 0 Å². The molecular formula is C28H29NO7. The van der Waals surface area contributed by atoms with Crippen molar-refractivity contribution in [2.75, 3.05) is 13.2 Å². The lowest BCUT2D eigenvalue weighted by Crippen LogP contribution is -2.38. The first-order valence-electron chi connectivity index (χ1n) is 12.2. The fraction of sp³-hybridized carbons (Fsp3) is 0.357. The number of hydrogen-bond acceptors (Lipinski definition) is 7. The number of nitrogens with one attached hydrogen (secondary N) is 1. The molecule has 0 radical (unpaired) electrons. The Morgan fingerprint density at radius 2 is 1.89 bits per heavy atom. The fourth-order valence-electron chi connectivity index (χ4n) is 4.87. The molecule has 8 nitrogen and oxygen atoms in total. The smallest absolute Gasteiger partial charge is 0.286 e. The summed E-state index contributed by atoms with van der Waals surface area (Å²) in [6.07, 6.45) is 3.56. The first-order valence-corrected chi connectivity index (χ1v) is 12.2. The predicted molar refractivity (Wildman–Crippen MR) is 132 cm³/mol. The van der Waals surface area contributed by atoms with Gasteiger partial charge in [-0.2, -0.15) is 0 Å². The number of carbonyl (C=O) groups excluding carboxylic acids is 1. The SMILES string of the molecule is O=C(N[C@H]1c2ccccc2C[C@H]1O)C1=C[C@H](c2coc3ccccc3c2=O)C[C@H](OCCCCO)O1. The van der Waals surface area contributed by atoms with Crippen molar-refractivity contribution in [1.82, 2.24) is 5.32 Å². The number of fused-ring (bicyclic) bond motifs is 2. The second-order valence-electron chi connectivity index (χ2n) is 9.16. The van der Waals surface area contributed by atoms with E-state index < -0.39 is 30.3 Å². The maximum Gasteiger partial charge on any atom is 0.286 e. The van der Waals surface area contributed by atoms with Crippen molar-refractivity contribution in [2.24, 2.45) is 0 Å². The Morgan fingerprint density at radius 1 is 1.08 bits per heavy atom. The van der Waals surface area contributed by atoms with Crippen molar-refractivity contribution in [3.05, 3.63) is 93.5 Å². The Labute approximate surface area is 208 Å². The van der Waals surface area contributed by atoms with Crippen LogP contribution in [0.3, 0.4) is 0 Å². The van der Waals surface area contributed by atoms with Crippen molar-refractivity contribution >= 4 is 16.9 Å². The molecule has 0 saturated heterocycles. The lowest BCUT2D eigenvalue weighted by Gasteiger charge is -2.29. The number of benzene rings is 2. The van der Waals surface area contributed by atoms with E-state index in [1.807, 2.05) is 24.3 Å². The third-order valence-electron chi connectivity index (χ3n) is 6.73. The van der Waals surface area contributed by atoms with Gasteiger partial charge in [-0.25, -0.2) is 0 Å². The van der Waals surface area contributed by atoms with E-state index in [2.05, 4.69) is 5.32 Å². The molecule has 1 aliphatic carbocycles. The molecule has 0 spiro atoms. The zero-order valence-electron chi connectivity index (χ0n) is 19.8. The summed E-state index contributed by atoms with van der Waals surface area (Å²) in [4.78, 5) is 26.5. The highest BCUT2D eigenvalue weighted by molar-refractivity contribution is 5.92. The Balaban J connectivity index is 1.42. The van der Waals surface area contributed by atoms with Crippen LogP contribution in [0.2, 0.25) is 0 Å². The van der Waals surface area contributed by atoms with E-state index in [-0.39, 0.29) is 17.8 Å². The van der Waals surface area contributed by atoms with Crippen molar-refractivity contribution in [1.29, 1.82) is 0 Å². The summed E-state index contributed by atoms with van der Waals surface area (Å²) in [5, 5.41) is 23.0. The van der Waals surface area contributed by atoms with Crippen LogP contribution in [0.15, 0.2) is 75.8 Å². The molecule has 1 amide bonds. The minimum atomic E-state index is -0.758. The summed E-state index contributed by atoms with van der Waals surface area (Å²) in [7, 11) is 0. The van der Waals surface area contributed by atoms with E-state index in [4.69, 9.17) is 19.0 Å². The molecule has 3 aromatic rings. The van der Waals surface area contributed by atoms with Gasteiger partial charge in [0, 0.05) is 30.9 Å². The van der Waals surface area contributed by atoms with Crippen LogP contribution in [0.4, 0.5) is 0 Å². The number of allylic oxidation sites excluding steroid dienone is 1. The van der Waals surface area contributed by atoms with Crippen LogP contribution in [0.25, 0.3) is 11.0 Å². The van der Waals surface area contributed by atoms with E-state index in [1.54, 1.807) is 30.3 Å². The fourth-order valence-corrected chi connectivity index (χ4v) is 4.87. The number of carbonyl (C=O) groups is 1. The number of ether oxygens (including phenoxy) is 2. The molecule has 4 atom stereocenters. The number of unbranched alkanes of at least 4 members (excludes halogenated alkanes) is 1. The minimum absolute atomic E-state index is 0.0301. The summed E-state index contributed by atoms with van der Waals surface area (Å²) >= 11 is 0. The first-order chi connectivity index (χ1) is 17.5. The number of para-hydroxylation sites is 1. The molecule has 36 heavy (non-hydrogen) atoms. The van der Waals surface area contributed by atoms with Crippen molar-refractivity contribution in [2.45, 2.75) is 50.0 Å². The summed E-state index contributed by atoms with van der Waals surface area (Å²) in [6.45, 7) is 0.405. The number of amides is 1. The molecular weight excluding hydrogens is 462 g/mol. The minimum Gasteiger partial charge on any atom is -0.464 e. The van der Waals surface area contributed by atoms with Gasteiger partial charge in [0.15, 0.2) is 11.2 Å². The maximum absolute atomic E-state index is 13.3. The molecule has 8 heteroatoms. The van der Waals surface area contributed by atoms with Gasteiger partial charge in [-0.15, -0.1) is 0 Å². The highest BCUT2D eigenvalue weighted by Crippen LogP contribution is 2.34. The van der Waals surface area contributed by atoms with Gasteiger partial charge >= 0.3 is 0 Å². The standard InChI is InChI=1S/C28H29NO7/c30-11-5-6-12-34-25-15-18(21-16-35-23-10-4-3-9-20(23)27(21)32)14-24(36-25)28(33)29-26-19-8-2-1-7-17(19)13-22(26)31/h1-4,7-10,14,16,18,22,25-26,30-31H,5-6,11-13,15H2,(H,29,33)/t18-,22+,25+,26-/m0/s1. The Morgan fingerprint density at radius 3 is 2.75 bits per heavy atom. The van der Waals surface area contributed by atoms with Gasteiger partial charge in [-0.05, 0) is 42.2 Å². The highest BCUT2D eigenvalue weighted by Gasteiger charge is 2.35. The number of aliphatic hydroxyl groups is 2. The number of rotatable bonds is 8. The van der Waals surface area contributed by atoms with Gasteiger partial charge in [0.25, 0.3) is 5.91 Å². The molecule has 1 aromatic heterocycles. The van der Waals surface area contributed by atoms with E-state index in [1.165, 1.54) is 6.26 Å². The molecule has 0 unspecified atom stereocenters. The van der Waals surface area contributed by atoms with Crippen LogP contribution in [0.5, 0.6) is 0 Å². The summed E-state index contributed by atoms with van der Waals surface area (Å²) in [6, 6.07) is 14.1. The Kier molecular flexibility index (Phi) is 7.18. The van der Waals surface area contributed by atoms with Crippen molar-refractivity contribution in [3.63, 3.8) is 0 Å². The first kappa shape index (κ1) is 24.2. The van der Waals surface area contributed by atoms with Gasteiger partial charge in [-0.1, -0.05) is 36.4 Å². The van der Waals surface area contributed by atoms with Crippen LogP contribution < -0.4 is 10.7 Å². The zero-order valence-corrected chi connectivity index (χ0v) is 19.8. The highest BCUT2D eigenvalue weighted by atomic mass is 16.7. The van der Waals surface area contributed by atoms with Crippen LogP contribution in [0.1, 0.15) is 47.9 Å². The average molecular weight is 492 g/mol. The molecule has 2 aliphatic rings. The van der Waals surface area contributed by atoms with Gasteiger partial charge in [0.05, 0.1) is 30.4 Å². The molecule has 5 rings (SSSR count). The van der Waals surface area contributed by atoms with Crippen LogP contribution in [-0.4, -0.2) is 41.7 Å². The van der Waals surface area contributed by atoms with E-state index >= 15 is 0 Å². The largest absolute Gasteiger partial charge is 0.464 e. The lowest BCUT2D eigenvalue weighted by molar-refractivity contribution is -0.147. The normalized spacial score (nSPS) is 23.1. The van der Waals surface area contributed by atoms with E-state index in [9.17, 15) is 14.7 Å². The molecule has 0 bridgehead atoms. The number of hydrogen-bond donors (Lipinski definition) is 3. The molecule has 2 heterocycles. The second kappa shape index (κ2) is 10.7. The van der Waals surface area contributed by atoms with Crippen LogP contribution in [-0.2, 0) is 20.7 Å². The van der Waals surface area contributed by atoms with Crippen LogP contribution in [0, 0.1) is 0 Å². The third-order valence-corrected chi connectivity index (χ3v) is 6.73. The van der Waals surface area contributed by atoms with Crippen molar-refractivity contribution in [3.8, 4) is 0 Å². The molecule has 1 aliphatic heterocycles. The van der Waals surface area contributed by atoms with Gasteiger partial charge in [0.2, 0.25) is 6.29 Å². The zero-order chi connectivity index (χ0) is 25.1. The monoisotopic (exact) mass is 491 g/mol. The molecule has 3 N–H and O–H groups in total. The van der Waals surface area contributed by atoms with E-state index in [0.717, 1.165) is 11.1 Å². The van der Waals surface area contributed by atoms with Gasteiger partial charge < -0.3 is 29.4 Å². The van der Waals surface area contributed by atoms with Gasteiger partial charge in [0.1, 0.15) is 5.58 Å². The molecule has 0 saturated carbocycles. The summed E-state index contributed by atoms with van der Waals surface area (Å²) in [5.41, 5.74) is 2.60. The third kappa shape index (κ3) is 4.93. The molecule has 0 fully saturated rings. The second-order valence-corrected chi connectivity index (χ2v) is 9.16. The van der Waals surface area contributed by atoms with Crippen molar-refractivity contribution < 1.29 is 28.9 Å². The Hall–Kier alpha value is -3.46. The maximum atomic E-state index is 13.3. The van der Waals surface area contributed by atoms with E-state index in [0.29, 0.717) is 48.8 Å². The predicted octanol–water partition coefficient (Wildman–Crippen LogP) is 3.07.